The number of carbonyl (C=O) groups is 1. The van der Waals surface area contributed by atoms with Crippen LogP contribution in [0, 0.1) is 11.8 Å². The quantitative estimate of drug-likeness (QED) is 0.835. The van der Waals surface area contributed by atoms with E-state index in [1.165, 1.54) is 10.4 Å². The van der Waals surface area contributed by atoms with Crippen molar-refractivity contribution in [3.63, 3.8) is 0 Å². The molecule has 2 unspecified atom stereocenters. The number of hydrogen-bond donors (Lipinski definition) is 2. The summed E-state index contributed by atoms with van der Waals surface area (Å²) in [4.78, 5) is 13.9. The van der Waals surface area contributed by atoms with Crippen LogP contribution in [0.2, 0.25) is 0 Å². The van der Waals surface area contributed by atoms with Crippen molar-refractivity contribution in [3.8, 4) is 0 Å². The lowest BCUT2D eigenvalue weighted by atomic mass is 9.88. The molecule has 0 radical (unpaired) electrons. The van der Waals surface area contributed by atoms with Crippen LogP contribution in [0.15, 0.2) is 41.8 Å². The summed E-state index contributed by atoms with van der Waals surface area (Å²) in [5, 5.41) is 8.59. The zero-order chi connectivity index (χ0) is 17.1. The fourth-order valence-corrected chi connectivity index (χ4v) is 3.80. The van der Waals surface area contributed by atoms with Crippen LogP contribution < -0.4 is 10.6 Å². The molecule has 0 spiro atoms. The molecule has 3 rings (SSSR count). The zero-order valence-corrected chi connectivity index (χ0v) is 15.4. The van der Waals surface area contributed by atoms with Crippen molar-refractivity contribution in [2.45, 2.75) is 32.7 Å². The lowest BCUT2D eigenvalue weighted by Gasteiger charge is -2.32. The van der Waals surface area contributed by atoms with Crippen molar-refractivity contribution < 1.29 is 4.79 Å². The first-order chi connectivity index (χ1) is 11.6. The van der Waals surface area contributed by atoms with Crippen LogP contribution >= 0.6 is 11.3 Å². The number of thiophene rings is 1. The highest BCUT2D eigenvalue weighted by atomic mass is 32.1. The van der Waals surface area contributed by atoms with Gasteiger partial charge in [0.2, 0.25) is 5.91 Å². The zero-order valence-electron chi connectivity index (χ0n) is 14.6. The molecule has 1 aromatic carbocycles. The SMILES string of the molecule is CC(C)c1ccc(C(NC(=O)C(C)C2CNC2)c2cccs2)cc1. The molecular formula is C20H26N2OS. The van der Waals surface area contributed by atoms with Crippen molar-refractivity contribution >= 4 is 17.2 Å². The molecule has 0 saturated carbocycles. The maximum atomic E-state index is 12.7. The Morgan fingerprint density at radius 2 is 1.79 bits per heavy atom. The predicted octanol–water partition coefficient (Wildman–Crippen LogP) is 3.93. The van der Waals surface area contributed by atoms with Crippen LogP contribution in [0.3, 0.4) is 0 Å². The Balaban J connectivity index is 1.80. The predicted molar refractivity (Wildman–Crippen MR) is 100 cm³/mol. The number of rotatable bonds is 6. The van der Waals surface area contributed by atoms with E-state index >= 15 is 0 Å². The summed E-state index contributed by atoms with van der Waals surface area (Å²) in [6.45, 7) is 8.32. The van der Waals surface area contributed by atoms with Crippen molar-refractivity contribution in [1.29, 1.82) is 0 Å². The average Bonchev–Trinajstić information content (AvgIpc) is 3.04. The van der Waals surface area contributed by atoms with Gasteiger partial charge in [0.25, 0.3) is 0 Å². The van der Waals surface area contributed by atoms with Crippen LogP contribution in [0.4, 0.5) is 0 Å². The molecule has 2 atom stereocenters. The third-order valence-corrected chi connectivity index (χ3v) is 5.92. The fraction of sp³-hybridized carbons (Fsp3) is 0.450. The molecule has 3 nitrogen and oxygen atoms in total. The lowest BCUT2D eigenvalue weighted by Crippen LogP contribution is -2.50. The van der Waals surface area contributed by atoms with Crippen molar-refractivity contribution in [2.24, 2.45) is 11.8 Å². The highest BCUT2D eigenvalue weighted by Gasteiger charge is 2.30. The van der Waals surface area contributed by atoms with Crippen molar-refractivity contribution in [3.05, 3.63) is 57.8 Å². The van der Waals surface area contributed by atoms with Gasteiger partial charge in [-0.3, -0.25) is 4.79 Å². The second-order valence-electron chi connectivity index (χ2n) is 6.99. The Kier molecular flexibility index (Phi) is 5.36. The van der Waals surface area contributed by atoms with E-state index in [4.69, 9.17) is 0 Å². The third kappa shape index (κ3) is 3.70. The summed E-state index contributed by atoms with van der Waals surface area (Å²) in [7, 11) is 0. The Labute approximate surface area is 148 Å². The third-order valence-electron chi connectivity index (χ3n) is 4.98. The van der Waals surface area contributed by atoms with E-state index in [1.54, 1.807) is 11.3 Å². The van der Waals surface area contributed by atoms with Gasteiger partial charge in [0.15, 0.2) is 0 Å². The average molecular weight is 343 g/mol. The first-order valence-corrected chi connectivity index (χ1v) is 9.58. The van der Waals surface area contributed by atoms with Gasteiger partial charge in [-0.05, 0) is 47.5 Å². The summed E-state index contributed by atoms with van der Waals surface area (Å²) in [6.07, 6.45) is 0. The van der Waals surface area contributed by atoms with Gasteiger partial charge in [0, 0.05) is 10.8 Å². The minimum Gasteiger partial charge on any atom is -0.344 e. The molecular weight excluding hydrogens is 316 g/mol. The summed E-state index contributed by atoms with van der Waals surface area (Å²) < 4.78 is 0. The minimum atomic E-state index is -0.0609. The maximum absolute atomic E-state index is 12.7. The fourth-order valence-electron chi connectivity index (χ4n) is 3.00. The summed E-state index contributed by atoms with van der Waals surface area (Å²) in [5.74, 6) is 1.16. The Bertz CT molecular complexity index is 659. The Morgan fingerprint density at radius 1 is 1.12 bits per heavy atom. The van der Waals surface area contributed by atoms with Gasteiger partial charge >= 0.3 is 0 Å². The van der Waals surface area contributed by atoms with Gasteiger partial charge in [-0.25, -0.2) is 0 Å². The number of hydrogen-bond acceptors (Lipinski definition) is 3. The second-order valence-corrected chi connectivity index (χ2v) is 7.96. The summed E-state index contributed by atoms with van der Waals surface area (Å²) in [5.41, 5.74) is 2.47. The smallest absolute Gasteiger partial charge is 0.223 e. The molecule has 2 N–H and O–H groups in total. The van der Waals surface area contributed by atoms with Crippen LogP contribution in [0.25, 0.3) is 0 Å². The lowest BCUT2D eigenvalue weighted by molar-refractivity contribution is -0.127. The second kappa shape index (κ2) is 7.49. The van der Waals surface area contributed by atoms with Crippen LogP contribution in [0.5, 0.6) is 0 Å². The van der Waals surface area contributed by atoms with Crippen LogP contribution in [-0.2, 0) is 4.79 Å². The van der Waals surface area contributed by atoms with Crippen molar-refractivity contribution in [1.82, 2.24) is 10.6 Å². The molecule has 1 amide bonds. The maximum Gasteiger partial charge on any atom is 0.223 e. The minimum absolute atomic E-state index is 0.0450. The highest BCUT2D eigenvalue weighted by Crippen LogP contribution is 2.28. The largest absolute Gasteiger partial charge is 0.344 e. The molecule has 128 valence electrons. The van der Waals surface area contributed by atoms with Crippen LogP contribution in [0.1, 0.15) is 48.7 Å². The van der Waals surface area contributed by atoms with Gasteiger partial charge in [0.1, 0.15) is 0 Å². The molecule has 1 aromatic heterocycles. The number of benzene rings is 1. The van der Waals surface area contributed by atoms with E-state index in [9.17, 15) is 4.79 Å². The normalized spacial score (nSPS) is 17.3. The standard InChI is InChI=1S/C20H26N2OS/c1-13(2)15-6-8-16(9-7-15)19(18-5-4-10-24-18)22-20(23)14(3)17-11-21-12-17/h4-10,13-14,17,19,21H,11-12H2,1-3H3,(H,22,23). The monoisotopic (exact) mass is 342 g/mol. The van der Waals surface area contributed by atoms with Crippen molar-refractivity contribution in [2.75, 3.05) is 13.1 Å². The number of carbonyl (C=O) groups excluding carboxylic acids is 1. The Hall–Kier alpha value is -1.65. The van der Waals surface area contributed by atoms with Gasteiger partial charge in [-0.15, -0.1) is 11.3 Å². The molecule has 1 aliphatic rings. The highest BCUT2D eigenvalue weighted by molar-refractivity contribution is 7.10. The van der Waals surface area contributed by atoms with E-state index < -0.39 is 0 Å². The first-order valence-electron chi connectivity index (χ1n) is 8.70. The molecule has 0 aliphatic carbocycles. The van der Waals surface area contributed by atoms with Crippen LogP contribution in [-0.4, -0.2) is 19.0 Å². The van der Waals surface area contributed by atoms with E-state index in [2.05, 4.69) is 60.2 Å². The summed E-state index contributed by atoms with van der Waals surface area (Å²) >= 11 is 1.69. The molecule has 1 aliphatic heterocycles. The molecule has 4 heteroatoms. The molecule has 24 heavy (non-hydrogen) atoms. The molecule has 1 fully saturated rings. The van der Waals surface area contributed by atoms with E-state index in [-0.39, 0.29) is 17.9 Å². The van der Waals surface area contributed by atoms with E-state index in [0.717, 1.165) is 18.7 Å². The van der Waals surface area contributed by atoms with E-state index in [0.29, 0.717) is 11.8 Å². The van der Waals surface area contributed by atoms with Gasteiger partial charge < -0.3 is 10.6 Å². The first kappa shape index (κ1) is 17.2. The summed E-state index contributed by atoms with van der Waals surface area (Å²) in [6, 6.07) is 12.7. The molecule has 2 aromatic rings. The molecule has 1 saturated heterocycles. The molecule has 2 heterocycles. The van der Waals surface area contributed by atoms with Gasteiger partial charge in [-0.2, -0.15) is 0 Å². The Morgan fingerprint density at radius 3 is 2.29 bits per heavy atom. The number of amides is 1. The van der Waals surface area contributed by atoms with Gasteiger partial charge in [0.05, 0.1) is 6.04 Å². The van der Waals surface area contributed by atoms with E-state index in [1.807, 2.05) is 13.0 Å². The van der Waals surface area contributed by atoms with Gasteiger partial charge in [-0.1, -0.05) is 51.1 Å². The molecule has 0 bridgehead atoms. The topological polar surface area (TPSA) is 41.1 Å². The number of nitrogens with one attached hydrogen (secondary N) is 2.